The zero-order chi connectivity index (χ0) is 19.7. The van der Waals surface area contributed by atoms with Gasteiger partial charge in [0.05, 0.1) is 23.3 Å². The van der Waals surface area contributed by atoms with E-state index in [9.17, 15) is 13.2 Å². The molecule has 0 amide bonds. The van der Waals surface area contributed by atoms with Gasteiger partial charge in [-0.25, -0.2) is 15.0 Å². The van der Waals surface area contributed by atoms with E-state index in [1.54, 1.807) is 30.5 Å². The minimum atomic E-state index is -4.56. The van der Waals surface area contributed by atoms with E-state index >= 15 is 0 Å². The predicted molar refractivity (Wildman–Crippen MR) is 97.2 cm³/mol. The number of aromatic nitrogens is 5. The molecule has 2 N–H and O–H groups in total. The van der Waals surface area contributed by atoms with E-state index in [1.807, 2.05) is 0 Å². The van der Waals surface area contributed by atoms with Gasteiger partial charge in [0.15, 0.2) is 0 Å². The molecule has 0 fully saturated rings. The number of hydrogen-bond acceptors (Lipinski definition) is 5. The maximum atomic E-state index is 13.7. The van der Waals surface area contributed by atoms with E-state index in [-0.39, 0.29) is 11.6 Å². The second kappa shape index (κ2) is 6.76. The Morgan fingerprint density at radius 3 is 2.54 bits per heavy atom. The van der Waals surface area contributed by atoms with Crippen LogP contribution in [0.5, 0.6) is 0 Å². The van der Waals surface area contributed by atoms with Gasteiger partial charge in [0, 0.05) is 30.4 Å². The van der Waals surface area contributed by atoms with Crippen LogP contribution in [-0.2, 0) is 6.18 Å². The van der Waals surface area contributed by atoms with Crippen molar-refractivity contribution in [2.24, 2.45) is 0 Å². The van der Waals surface area contributed by atoms with Crippen molar-refractivity contribution < 1.29 is 13.2 Å². The minimum Gasteiger partial charge on any atom is -0.368 e. The number of imidazole rings is 1. The van der Waals surface area contributed by atoms with Gasteiger partial charge in [0.1, 0.15) is 5.69 Å². The number of nitrogens with two attached hydrogens (primary N) is 1. The maximum Gasteiger partial charge on any atom is 0.418 e. The normalized spacial score (nSPS) is 11.5. The van der Waals surface area contributed by atoms with Crippen molar-refractivity contribution in [3.63, 3.8) is 0 Å². The first-order valence-electron chi connectivity index (χ1n) is 8.17. The molecule has 9 heteroatoms. The Hall–Kier alpha value is -3.75. The molecule has 0 atom stereocenters. The highest BCUT2D eigenvalue weighted by Crippen LogP contribution is 2.38. The number of halogens is 3. The van der Waals surface area contributed by atoms with E-state index in [2.05, 4.69) is 19.9 Å². The number of benzene rings is 1. The second-order valence-electron chi connectivity index (χ2n) is 5.91. The smallest absolute Gasteiger partial charge is 0.368 e. The highest BCUT2D eigenvalue weighted by molar-refractivity contribution is 5.80. The average Bonchev–Trinajstić information content (AvgIpc) is 3.22. The molecular formula is C19H13F3N6. The van der Waals surface area contributed by atoms with Crippen LogP contribution < -0.4 is 5.73 Å². The molecule has 0 aliphatic carbocycles. The first-order chi connectivity index (χ1) is 13.4. The molecule has 140 valence electrons. The largest absolute Gasteiger partial charge is 0.418 e. The molecule has 1 aromatic carbocycles. The summed E-state index contributed by atoms with van der Waals surface area (Å²) in [7, 11) is 0. The third-order valence-electron chi connectivity index (χ3n) is 4.11. The van der Waals surface area contributed by atoms with E-state index in [4.69, 9.17) is 5.73 Å². The summed E-state index contributed by atoms with van der Waals surface area (Å²) in [5.74, 6) is 0.00971. The molecule has 0 unspecified atom stereocenters. The van der Waals surface area contributed by atoms with Crippen LogP contribution in [0.25, 0.3) is 28.2 Å². The zero-order valence-electron chi connectivity index (χ0n) is 14.3. The highest BCUT2D eigenvalue weighted by atomic mass is 19.4. The van der Waals surface area contributed by atoms with Crippen molar-refractivity contribution in [2.75, 3.05) is 5.73 Å². The van der Waals surface area contributed by atoms with Crippen LogP contribution in [0.3, 0.4) is 0 Å². The van der Waals surface area contributed by atoms with Crippen molar-refractivity contribution in [3.05, 3.63) is 73.1 Å². The summed E-state index contributed by atoms with van der Waals surface area (Å²) in [6.07, 6.45) is 2.60. The van der Waals surface area contributed by atoms with Crippen LogP contribution in [0.4, 0.5) is 19.1 Å². The first-order valence-corrected chi connectivity index (χ1v) is 8.17. The van der Waals surface area contributed by atoms with E-state index < -0.39 is 11.7 Å². The van der Waals surface area contributed by atoms with Crippen molar-refractivity contribution >= 4 is 5.95 Å². The van der Waals surface area contributed by atoms with Crippen molar-refractivity contribution in [1.29, 1.82) is 0 Å². The standard InChI is InChI=1S/C19H13F3N6/c20-19(21,22)14-9-12(4-5-16(14)28-8-7-24-11-28)13-10-26-18(23)27-17(13)15-3-1-2-6-25-15/h1-11H,(H2,23,26,27). The molecule has 4 rings (SSSR count). The van der Waals surface area contributed by atoms with Gasteiger partial charge in [-0.2, -0.15) is 13.2 Å². The quantitative estimate of drug-likeness (QED) is 0.579. The lowest BCUT2D eigenvalue weighted by Gasteiger charge is -2.16. The molecule has 0 radical (unpaired) electrons. The lowest BCUT2D eigenvalue weighted by Crippen LogP contribution is -2.10. The van der Waals surface area contributed by atoms with Gasteiger partial charge < -0.3 is 10.3 Å². The van der Waals surface area contributed by atoms with Crippen LogP contribution in [0, 0.1) is 0 Å². The van der Waals surface area contributed by atoms with E-state index in [1.165, 1.54) is 35.6 Å². The van der Waals surface area contributed by atoms with Gasteiger partial charge >= 0.3 is 6.18 Å². The molecule has 0 bridgehead atoms. The number of pyridine rings is 1. The van der Waals surface area contributed by atoms with Crippen LogP contribution in [-0.4, -0.2) is 24.5 Å². The molecule has 0 spiro atoms. The van der Waals surface area contributed by atoms with Crippen molar-refractivity contribution in [2.45, 2.75) is 6.18 Å². The fourth-order valence-corrected chi connectivity index (χ4v) is 2.86. The Bertz CT molecular complexity index is 1110. The SMILES string of the molecule is Nc1ncc(-c2ccc(-n3ccnc3)c(C(F)(F)F)c2)c(-c2ccccn2)n1. The zero-order valence-corrected chi connectivity index (χ0v) is 14.3. The average molecular weight is 382 g/mol. The van der Waals surface area contributed by atoms with Crippen LogP contribution in [0.2, 0.25) is 0 Å². The Balaban J connectivity index is 1.92. The molecule has 28 heavy (non-hydrogen) atoms. The number of alkyl halides is 3. The first kappa shape index (κ1) is 17.7. The summed E-state index contributed by atoms with van der Waals surface area (Å²) in [5.41, 5.74) is 6.41. The Morgan fingerprint density at radius 2 is 1.86 bits per heavy atom. The summed E-state index contributed by atoms with van der Waals surface area (Å²) in [6.45, 7) is 0. The number of hydrogen-bond donors (Lipinski definition) is 1. The van der Waals surface area contributed by atoms with Crippen LogP contribution >= 0.6 is 0 Å². The summed E-state index contributed by atoms with van der Waals surface area (Å²) >= 11 is 0. The lowest BCUT2D eigenvalue weighted by molar-refractivity contribution is -0.137. The van der Waals surface area contributed by atoms with Crippen molar-refractivity contribution in [3.8, 4) is 28.2 Å². The van der Waals surface area contributed by atoms with E-state index in [0.717, 1.165) is 6.07 Å². The predicted octanol–water partition coefficient (Wildman–Crippen LogP) is 3.99. The number of anilines is 1. The van der Waals surface area contributed by atoms with Gasteiger partial charge in [-0.3, -0.25) is 4.98 Å². The number of nitrogen functional groups attached to an aromatic ring is 1. The summed E-state index contributed by atoms with van der Waals surface area (Å²) in [6, 6.07) is 9.22. The third-order valence-corrected chi connectivity index (χ3v) is 4.11. The molecule has 0 aliphatic rings. The second-order valence-corrected chi connectivity index (χ2v) is 5.91. The Labute approximate surface area is 157 Å². The molecule has 0 saturated heterocycles. The molecule has 0 saturated carbocycles. The topological polar surface area (TPSA) is 82.5 Å². The molecule has 6 nitrogen and oxygen atoms in total. The summed E-state index contributed by atoms with van der Waals surface area (Å²) < 4.78 is 42.5. The number of nitrogens with zero attached hydrogens (tertiary/aromatic N) is 5. The lowest BCUT2D eigenvalue weighted by atomic mass is 9.99. The van der Waals surface area contributed by atoms with Gasteiger partial charge in [-0.15, -0.1) is 0 Å². The fourth-order valence-electron chi connectivity index (χ4n) is 2.86. The Kier molecular flexibility index (Phi) is 4.26. The van der Waals surface area contributed by atoms with Crippen LogP contribution in [0.1, 0.15) is 5.56 Å². The molecule has 3 heterocycles. The molecule has 4 aromatic rings. The fraction of sp³-hybridized carbons (Fsp3) is 0.0526. The van der Waals surface area contributed by atoms with Gasteiger partial charge in [-0.05, 0) is 29.8 Å². The van der Waals surface area contributed by atoms with E-state index in [0.29, 0.717) is 22.5 Å². The van der Waals surface area contributed by atoms with Crippen molar-refractivity contribution in [1.82, 2.24) is 24.5 Å². The van der Waals surface area contributed by atoms with Gasteiger partial charge in [-0.1, -0.05) is 12.1 Å². The van der Waals surface area contributed by atoms with Gasteiger partial charge in [0.2, 0.25) is 5.95 Å². The number of rotatable bonds is 3. The maximum absolute atomic E-state index is 13.7. The highest BCUT2D eigenvalue weighted by Gasteiger charge is 2.34. The molecular weight excluding hydrogens is 369 g/mol. The minimum absolute atomic E-state index is 0.00971. The monoisotopic (exact) mass is 382 g/mol. The molecule has 0 aliphatic heterocycles. The Morgan fingerprint density at radius 1 is 1.00 bits per heavy atom. The third kappa shape index (κ3) is 3.29. The van der Waals surface area contributed by atoms with Gasteiger partial charge in [0.25, 0.3) is 0 Å². The molecule has 3 aromatic heterocycles. The van der Waals surface area contributed by atoms with Crippen LogP contribution in [0.15, 0.2) is 67.5 Å². The summed E-state index contributed by atoms with van der Waals surface area (Å²) in [5, 5.41) is 0. The summed E-state index contributed by atoms with van der Waals surface area (Å²) in [4.78, 5) is 16.2.